The van der Waals surface area contributed by atoms with Gasteiger partial charge in [0.15, 0.2) is 0 Å². The Labute approximate surface area is 90.9 Å². The molecule has 0 fully saturated rings. The van der Waals surface area contributed by atoms with E-state index in [0.717, 1.165) is 15.9 Å². The monoisotopic (exact) mass is 222 g/mol. The Hall–Kier alpha value is -1.62. The fourth-order valence-corrected chi connectivity index (χ4v) is 2.33. The van der Waals surface area contributed by atoms with Crippen molar-refractivity contribution in [3.05, 3.63) is 23.2 Å². The van der Waals surface area contributed by atoms with Crippen molar-refractivity contribution in [2.75, 3.05) is 19.5 Å². The molecule has 0 aliphatic rings. The van der Waals surface area contributed by atoms with Gasteiger partial charge in [-0.2, -0.15) is 0 Å². The number of aromatic nitrogens is 1. The highest BCUT2D eigenvalue weighted by Crippen LogP contribution is 2.30. The number of nitrogens with zero attached hydrogens (tertiary/aromatic N) is 1. The Bertz CT molecular complexity index is 507. The summed E-state index contributed by atoms with van der Waals surface area (Å²) in [7, 11) is 3.14. The first kappa shape index (κ1) is 9.92. The van der Waals surface area contributed by atoms with Crippen LogP contribution in [0.1, 0.15) is 10.4 Å². The highest BCUT2D eigenvalue weighted by atomic mass is 32.1. The highest BCUT2D eigenvalue weighted by Gasteiger charge is 2.15. The topological polar surface area (TPSA) is 51.2 Å². The van der Waals surface area contributed by atoms with Crippen LogP contribution in [0.4, 0.5) is 5.69 Å². The second kappa shape index (κ2) is 3.86. The zero-order valence-corrected chi connectivity index (χ0v) is 9.22. The van der Waals surface area contributed by atoms with Crippen molar-refractivity contribution >= 4 is 33.2 Å². The van der Waals surface area contributed by atoms with Crippen LogP contribution in [0, 0.1) is 0 Å². The Morgan fingerprint density at radius 3 is 3.07 bits per heavy atom. The molecular formula is C10H10N2O2S. The van der Waals surface area contributed by atoms with E-state index in [-0.39, 0.29) is 5.97 Å². The molecule has 15 heavy (non-hydrogen) atoms. The fraction of sp³-hybridized carbons (Fsp3) is 0.200. The number of carbonyl (C=O) groups is 1. The van der Waals surface area contributed by atoms with Gasteiger partial charge in [0, 0.05) is 13.2 Å². The zero-order chi connectivity index (χ0) is 10.8. The average Bonchev–Trinajstić information content (AvgIpc) is 2.74. The lowest BCUT2D eigenvalue weighted by atomic mass is 10.2. The zero-order valence-electron chi connectivity index (χ0n) is 8.40. The van der Waals surface area contributed by atoms with E-state index >= 15 is 0 Å². The molecule has 2 heterocycles. The molecule has 2 aromatic rings. The lowest BCUT2D eigenvalue weighted by Gasteiger charge is -2.07. The Kier molecular flexibility index (Phi) is 2.55. The summed E-state index contributed by atoms with van der Waals surface area (Å²) < 4.78 is 5.66. The van der Waals surface area contributed by atoms with Gasteiger partial charge in [0.1, 0.15) is 5.56 Å². The summed E-state index contributed by atoms with van der Waals surface area (Å²) in [5.74, 6) is -0.373. The molecule has 0 atom stereocenters. The first-order chi connectivity index (χ1) is 7.27. The molecule has 5 heteroatoms. The molecule has 0 saturated heterocycles. The van der Waals surface area contributed by atoms with Crippen molar-refractivity contribution in [1.29, 1.82) is 0 Å². The van der Waals surface area contributed by atoms with E-state index < -0.39 is 0 Å². The maximum absolute atomic E-state index is 11.5. The lowest BCUT2D eigenvalue weighted by Crippen LogP contribution is -2.06. The number of rotatable bonds is 2. The molecule has 78 valence electrons. The van der Waals surface area contributed by atoms with Gasteiger partial charge in [-0.25, -0.2) is 4.79 Å². The van der Waals surface area contributed by atoms with Gasteiger partial charge < -0.3 is 10.1 Å². The molecule has 0 amide bonds. The van der Waals surface area contributed by atoms with E-state index in [9.17, 15) is 4.79 Å². The van der Waals surface area contributed by atoms with E-state index in [4.69, 9.17) is 0 Å². The molecule has 0 aliphatic heterocycles. The first-order valence-corrected chi connectivity index (χ1v) is 5.28. The molecular weight excluding hydrogens is 212 g/mol. The number of ether oxygens (including phenoxy) is 1. The third-order valence-electron chi connectivity index (χ3n) is 2.13. The van der Waals surface area contributed by atoms with Gasteiger partial charge in [0.05, 0.1) is 23.0 Å². The molecule has 0 saturated carbocycles. The number of pyridine rings is 1. The normalized spacial score (nSPS) is 10.3. The summed E-state index contributed by atoms with van der Waals surface area (Å²) in [5, 5.41) is 4.95. The molecule has 0 aliphatic carbocycles. The van der Waals surface area contributed by atoms with Gasteiger partial charge in [0.25, 0.3) is 0 Å². The molecule has 0 unspecified atom stereocenters. The molecule has 2 rings (SSSR count). The number of anilines is 1. The van der Waals surface area contributed by atoms with Crippen molar-refractivity contribution in [3.8, 4) is 0 Å². The number of nitrogens with one attached hydrogen (secondary N) is 1. The van der Waals surface area contributed by atoms with Crippen LogP contribution in [0.3, 0.4) is 0 Å². The Morgan fingerprint density at radius 2 is 2.40 bits per heavy atom. The molecule has 0 bridgehead atoms. The van der Waals surface area contributed by atoms with Gasteiger partial charge in [0.2, 0.25) is 0 Å². The summed E-state index contributed by atoms with van der Waals surface area (Å²) in [6.45, 7) is 0. The van der Waals surface area contributed by atoms with Crippen LogP contribution in [0.25, 0.3) is 10.2 Å². The van der Waals surface area contributed by atoms with Gasteiger partial charge >= 0.3 is 5.97 Å². The number of methoxy groups -OCH3 is 1. The largest absolute Gasteiger partial charge is 0.465 e. The van der Waals surface area contributed by atoms with Crippen molar-refractivity contribution in [2.45, 2.75) is 0 Å². The Balaban J connectivity index is 2.69. The summed E-state index contributed by atoms with van der Waals surface area (Å²) in [4.78, 5) is 15.6. The van der Waals surface area contributed by atoms with E-state index in [1.165, 1.54) is 13.3 Å². The van der Waals surface area contributed by atoms with Gasteiger partial charge in [-0.1, -0.05) is 0 Å². The lowest BCUT2D eigenvalue weighted by molar-refractivity contribution is 0.0601. The van der Waals surface area contributed by atoms with Gasteiger partial charge in [-0.3, -0.25) is 4.98 Å². The average molecular weight is 222 g/mol. The highest BCUT2D eigenvalue weighted by molar-refractivity contribution is 7.17. The maximum atomic E-state index is 11.5. The number of esters is 1. The first-order valence-electron chi connectivity index (χ1n) is 4.40. The quantitative estimate of drug-likeness (QED) is 0.791. The van der Waals surface area contributed by atoms with Crippen LogP contribution in [-0.4, -0.2) is 25.1 Å². The number of hydrogen-bond donors (Lipinski definition) is 1. The number of carbonyl (C=O) groups excluding carboxylic acids is 1. The summed E-state index contributed by atoms with van der Waals surface area (Å²) in [6, 6.07) is 1.92. The predicted octanol–water partition coefficient (Wildman–Crippen LogP) is 2.12. The minimum absolute atomic E-state index is 0.373. The molecule has 0 radical (unpaired) electrons. The van der Waals surface area contributed by atoms with Crippen LogP contribution in [0.5, 0.6) is 0 Å². The van der Waals surface area contributed by atoms with E-state index in [1.54, 1.807) is 18.4 Å². The van der Waals surface area contributed by atoms with Crippen molar-refractivity contribution < 1.29 is 9.53 Å². The van der Waals surface area contributed by atoms with Gasteiger partial charge in [-0.15, -0.1) is 11.3 Å². The molecule has 1 N–H and O–H groups in total. The van der Waals surface area contributed by atoms with E-state index in [1.807, 2.05) is 11.4 Å². The predicted molar refractivity (Wildman–Crippen MR) is 60.5 cm³/mol. The number of thiophene rings is 1. The van der Waals surface area contributed by atoms with Crippen molar-refractivity contribution in [1.82, 2.24) is 4.98 Å². The molecule has 4 nitrogen and oxygen atoms in total. The molecule has 0 aromatic carbocycles. The molecule has 0 spiro atoms. The summed E-state index contributed by atoms with van der Waals surface area (Å²) in [5.41, 5.74) is 2.13. The van der Waals surface area contributed by atoms with E-state index in [2.05, 4.69) is 15.0 Å². The maximum Gasteiger partial charge on any atom is 0.341 e. The van der Waals surface area contributed by atoms with Gasteiger partial charge in [-0.05, 0) is 11.4 Å². The Morgan fingerprint density at radius 1 is 1.60 bits per heavy atom. The second-order valence-electron chi connectivity index (χ2n) is 2.92. The molecule has 2 aromatic heterocycles. The van der Waals surface area contributed by atoms with E-state index in [0.29, 0.717) is 5.56 Å². The van der Waals surface area contributed by atoms with Crippen LogP contribution in [-0.2, 0) is 4.74 Å². The third kappa shape index (κ3) is 1.55. The minimum Gasteiger partial charge on any atom is -0.465 e. The van der Waals surface area contributed by atoms with Crippen LogP contribution < -0.4 is 5.32 Å². The number of fused-ring (bicyclic) bond motifs is 1. The third-order valence-corrected chi connectivity index (χ3v) is 3.05. The standard InChI is InChI=1S/C10H10N2O2S/c1-11-8-6(10(13)14-2)5-12-7-3-4-15-9(7)8/h3-5H,1-2H3,(H,11,12). The van der Waals surface area contributed by atoms with Crippen molar-refractivity contribution in [3.63, 3.8) is 0 Å². The fourth-order valence-electron chi connectivity index (χ4n) is 1.43. The summed E-state index contributed by atoms with van der Waals surface area (Å²) >= 11 is 1.55. The summed E-state index contributed by atoms with van der Waals surface area (Å²) in [6.07, 6.45) is 1.53. The van der Waals surface area contributed by atoms with Crippen LogP contribution >= 0.6 is 11.3 Å². The smallest absolute Gasteiger partial charge is 0.341 e. The van der Waals surface area contributed by atoms with Crippen LogP contribution in [0.15, 0.2) is 17.6 Å². The van der Waals surface area contributed by atoms with Crippen molar-refractivity contribution in [2.24, 2.45) is 0 Å². The van der Waals surface area contributed by atoms with Crippen LogP contribution in [0.2, 0.25) is 0 Å². The minimum atomic E-state index is -0.373. The SMILES string of the molecule is CNc1c(C(=O)OC)cnc2ccsc12. The second-order valence-corrected chi connectivity index (χ2v) is 3.84. The number of hydrogen-bond acceptors (Lipinski definition) is 5.